The molecule has 1 aliphatic rings. The molecule has 20 heavy (non-hydrogen) atoms. The third-order valence-electron chi connectivity index (χ3n) is 3.66. The molecule has 0 aromatic carbocycles. The van der Waals surface area contributed by atoms with Crippen molar-refractivity contribution >= 4 is 5.91 Å². The van der Waals surface area contributed by atoms with Crippen molar-refractivity contribution < 1.29 is 9.32 Å². The zero-order valence-electron chi connectivity index (χ0n) is 12.8. The summed E-state index contributed by atoms with van der Waals surface area (Å²) >= 11 is 0. The maximum Gasteiger partial charge on any atom is 0.234 e. The molecule has 0 atom stereocenters. The van der Waals surface area contributed by atoms with E-state index in [0.29, 0.717) is 18.3 Å². The van der Waals surface area contributed by atoms with E-state index in [1.165, 1.54) is 0 Å². The van der Waals surface area contributed by atoms with Crippen LogP contribution in [0.4, 0.5) is 0 Å². The molecule has 1 amide bonds. The van der Waals surface area contributed by atoms with Gasteiger partial charge in [0.05, 0.1) is 6.54 Å². The van der Waals surface area contributed by atoms with E-state index in [4.69, 9.17) is 4.52 Å². The molecule has 1 heterocycles. The van der Waals surface area contributed by atoms with Gasteiger partial charge < -0.3 is 14.7 Å². The Morgan fingerprint density at radius 1 is 1.40 bits per heavy atom. The normalized spacial score (nSPS) is 17.9. The molecule has 1 aliphatic carbocycles. The molecule has 112 valence electrons. The zero-order valence-corrected chi connectivity index (χ0v) is 12.8. The average Bonchev–Trinajstić information content (AvgIpc) is 2.95. The number of nitrogens with one attached hydrogen (secondary N) is 1. The van der Waals surface area contributed by atoms with Crippen LogP contribution in [0.3, 0.4) is 0 Å². The van der Waals surface area contributed by atoms with Crippen LogP contribution in [0.25, 0.3) is 0 Å². The van der Waals surface area contributed by atoms with E-state index in [2.05, 4.69) is 15.5 Å². The van der Waals surface area contributed by atoms with E-state index in [-0.39, 0.29) is 11.8 Å². The summed E-state index contributed by atoms with van der Waals surface area (Å²) in [6, 6.07) is 0. The highest BCUT2D eigenvalue weighted by atomic mass is 16.5. The Morgan fingerprint density at radius 3 is 2.55 bits per heavy atom. The van der Waals surface area contributed by atoms with Crippen molar-refractivity contribution in [3.63, 3.8) is 0 Å². The highest BCUT2D eigenvalue weighted by Crippen LogP contribution is 2.37. The van der Waals surface area contributed by atoms with Gasteiger partial charge in [-0.15, -0.1) is 0 Å². The van der Waals surface area contributed by atoms with E-state index >= 15 is 0 Å². The topological polar surface area (TPSA) is 71.3 Å². The highest BCUT2D eigenvalue weighted by molar-refractivity contribution is 5.79. The first kappa shape index (κ1) is 15.0. The number of carbonyl (C=O) groups is 1. The molecule has 2 rings (SSSR count). The number of carbonyl (C=O) groups excluding carboxylic acids is 1. The zero-order chi connectivity index (χ0) is 14.8. The summed E-state index contributed by atoms with van der Waals surface area (Å²) < 4.78 is 5.30. The minimum atomic E-state index is -0.441. The average molecular weight is 280 g/mol. The summed E-state index contributed by atoms with van der Waals surface area (Å²) in [5, 5.41) is 7.24. The molecule has 0 spiro atoms. The van der Waals surface area contributed by atoms with Crippen LogP contribution in [-0.2, 0) is 10.3 Å². The fourth-order valence-corrected chi connectivity index (χ4v) is 2.64. The molecular weight excluding hydrogens is 256 g/mol. The molecule has 1 fully saturated rings. The van der Waals surface area contributed by atoms with Crippen molar-refractivity contribution in [2.45, 2.75) is 51.0 Å². The number of rotatable bonds is 5. The largest absolute Gasteiger partial charge is 0.342 e. The second kappa shape index (κ2) is 5.91. The van der Waals surface area contributed by atoms with Crippen molar-refractivity contribution in [2.75, 3.05) is 20.6 Å². The summed E-state index contributed by atoms with van der Waals surface area (Å²) in [5.41, 5.74) is -0.441. The molecule has 1 aromatic heterocycles. The Hall–Kier alpha value is -1.43. The molecule has 6 heteroatoms. The van der Waals surface area contributed by atoms with Crippen molar-refractivity contribution in [3.8, 4) is 0 Å². The standard InChI is InChI=1S/C14H24N4O2/c1-10(2)12-15-13(17-20-12)14(7-5-6-8-14)16-11(19)9-18(3)4/h10H,5-9H2,1-4H3,(H,16,19). The summed E-state index contributed by atoms with van der Waals surface area (Å²) in [7, 11) is 3.76. The third kappa shape index (κ3) is 3.17. The van der Waals surface area contributed by atoms with Gasteiger partial charge in [-0.05, 0) is 26.9 Å². The Morgan fingerprint density at radius 2 is 2.05 bits per heavy atom. The van der Waals surface area contributed by atoms with Crippen molar-refractivity contribution in [1.29, 1.82) is 0 Å². The van der Waals surface area contributed by atoms with Gasteiger partial charge in [-0.3, -0.25) is 4.79 Å². The van der Waals surface area contributed by atoms with Gasteiger partial charge in [0.25, 0.3) is 0 Å². The van der Waals surface area contributed by atoms with Gasteiger partial charge in [0.2, 0.25) is 11.8 Å². The van der Waals surface area contributed by atoms with Gasteiger partial charge in [-0.25, -0.2) is 0 Å². The van der Waals surface area contributed by atoms with Crippen molar-refractivity contribution in [1.82, 2.24) is 20.4 Å². The van der Waals surface area contributed by atoms with E-state index in [0.717, 1.165) is 25.7 Å². The minimum absolute atomic E-state index is 0.00722. The van der Waals surface area contributed by atoms with Gasteiger partial charge in [0.1, 0.15) is 5.54 Å². The smallest absolute Gasteiger partial charge is 0.234 e. The first-order valence-electron chi connectivity index (χ1n) is 7.23. The highest BCUT2D eigenvalue weighted by Gasteiger charge is 2.41. The Labute approximate surface area is 119 Å². The first-order valence-corrected chi connectivity index (χ1v) is 7.23. The molecule has 0 unspecified atom stereocenters. The van der Waals surface area contributed by atoms with Gasteiger partial charge in [-0.1, -0.05) is 31.8 Å². The van der Waals surface area contributed by atoms with Crippen LogP contribution in [0.5, 0.6) is 0 Å². The van der Waals surface area contributed by atoms with E-state index in [9.17, 15) is 4.79 Å². The minimum Gasteiger partial charge on any atom is -0.342 e. The lowest BCUT2D eigenvalue weighted by Crippen LogP contribution is -2.47. The maximum absolute atomic E-state index is 12.1. The lowest BCUT2D eigenvalue weighted by Gasteiger charge is -2.27. The monoisotopic (exact) mass is 280 g/mol. The molecule has 0 radical (unpaired) electrons. The van der Waals surface area contributed by atoms with Crippen LogP contribution in [-0.4, -0.2) is 41.6 Å². The molecule has 0 bridgehead atoms. The number of likely N-dealkylation sites (N-methyl/N-ethyl adjacent to an activating group) is 1. The molecule has 1 N–H and O–H groups in total. The first-order chi connectivity index (χ1) is 9.43. The Bertz CT molecular complexity index is 461. The Kier molecular flexibility index (Phi) is 4.42. The van der Waals surface area contributed by atoms with Gasteiger partial charge in [0.15, 0.2) is 5.82 Å². The fourth-order valence-electron chi connectivity index (χ4n) is 2.64. The van der Waals surface area contributed by atoms with Gasteiger partial charge in [0, 0.05) is 5.92 Å². The molecule has 0 aliphatic heterocycles. The number of nitrogens with zero attached hydrogens (tertiary/aromatic N) is 3. The third-order valence-corrected chi connectivity index (χ3v) is 3.66. The van der Waals surface area contributed by atoms with Crippen molar-refractivity contribution in [3.05, 3.63) is 11.7 Å². The summed E-state index contributed by atoms with van der Waals surface area (Å²) in [6.07, 6.45) is 3.91. The molecule has 1 aromatic rings. The molecule has 0 saturated heterocycles. The SMILES string of the molecule is CC(C)c1nc(C2(NC(=O)CN(C)C)CCCC2)no1. The quantitative estimate of drug-likeness (QED) is 0.887. The Balaban J connectivity index is 2.18. The maximum atomic E-state index is 12.1. The number of hydrogen-bond donors (Lipinski definition) is 1. The van der Waals surface area contributed by atoms with Gasteiger partial charge in [-0.2, -0.15) is 4.98 Å². The number of aromatic nitrogens is 2. The van der Waals surface area contributed by atoms with Crippen LogP contribution in [0.15, 0.2) is 4.52 Å². The lowest BCUT2D eigenvalue weighted by atomic mass is 9.96. The van der Waals surface area contributed by atoms with E-state index < -0.39 is 5.54 Å². The lowest BCUT2D eigenvalue weighted by molar-refractivity contribution is -0.123. The molecular formula is C14H24N4O2. The van der Waals surface area contributed by atoms with Crippen LogP contribution in [0.1, 0.15) is 57.2 Å². The molecule has 6 nitrogen and oxygen atoms in total. The van der Waals surface area contributed by atoms with E-state index in [1.807, 2.05) is 32.8 Å². The summed E-state index contributed by atoms with van der Waals surface area (Å²) in [4.78, 5) is 18.4. The molecule has 1 saturated carbocycles. The predicted molar refractivity (Wildman–Crippen MR) is 75.2 cm³/mol. The number of hydrogen-bond acceptors (Lipinski definition) is 5. The van der Waals surface area contributed by atoms with Crippen molar-refractivity contribution in [2.24, 2.45) is 0 Å². The van der Waals surface area contributed by atoms with Crippen LogP contribution in [0.2, 0.25) is 0 Å². The second-order valence-corrected chi connectivity index (χ2v) is 6.19. The van der Waals surface area contributed by atoms with E-state index in [1.54, 1.807) is 0 Å². The number of amides is 1. The predicted octanol–water partition coefficient (Wildman–Crippen LogP) is 1.64. The van der Waals surface area contributed by atoms with Crippen LogP contribution in [0, 0.1) is 0 Å². The second-order valence-electron chi connectivity index (χ2n) is 6.19. The van der Waals surface area contributed by atoms with Crippen LogP contribution >= 0.6 is 0 Å². The van der Waals surface area contributed by atoms with Gasteiger partial charge >= 0.3 is 0 Å². The summed E-state index contributed by atoms with van der Waals surface area (Å²) in [6.45, 7) is 4.41. The van der Waals surface area contributed by atoms with Crippen LogP contribution < -0.4 is 5.32 Å². The summed E-state index contributed by atoms with van der Waals surface area (Å²) in [5.74, 6) is 1.47. The fraction of sp³-hybridized carbons (Fsp3) is 0.786.